The molecule has 25 heavy (non-hydrogen) atoms. The fraction of sp³-hybridized carbons (Fsp3) is 0.158. The van der Waals surface area contributed by atoms with Crippen LogP contribution in [0.4, 0.5) is 5.69 Å². The third kappa shape index (κ3) is 4.44. The number of nitrogens with zero attached hydrogens (tertiary/aromatic N) is 2. The zero-order valence-electron chi connectivity index (χ0n) is 14.0. The zero-order chi connectivity index (χ0) is 17.8. The molecule has 128 valence electrons. The summed E-state index contributed by atoms with van der Waals surface area (Å²) in [6.07, 6.45) is 3.64. The highest BCUT2D eigenvalue weighted by Gasteiger charge is 2.10. The highest BCUT2D eigenvalue weighted by Crippen LogP contribution is 2.23. The summed E-state index contributed by atoms with van der Waals surface area (Å²) in [5.74, 6) is 0.178. The topological polar surface area (TPSA) is 46.9 Å². The van der Waals surface area contributed by atoms with Gasteiger partial charge in [-0.1, -0.05) is 41.6 Å². The van der Waals surface area contributed by atoms with E-state index in [0.29, 0.717) is 10.7 Å². The number of nitrogens with one attached hydrogen (secondary N) is 1. The Balaban J connectivity index is 1.65. The summed E-state index contributed by atoms with van der Waals surface area (Å²) in [5.41, 5.74) is 3.89. The number of carbonyl (C=O) groups is 1. The first-order chi connectivity index (χ1) is 12.0. The number of aromatic nitrogens is 2. The molecule has 0 saturated carbocycles. The van der Waals surface area contributed by atoms with Crippen LogP contribution in [0.3, 0.4) is 0 Å². The highest BCUT2D eigenvalue weighted by molar-refractivity contribution is 7.99. The van der Waals surface area contributed by atoms with Crippen molar-refractivity contribution in [2.24, 2.45) is 0 Å². The molecule has 0 aliphatic carbocycles. The molecular formula is C19H18ClN3OS. The van der Waals surface area contributed by atoms with Crippen molar-refractivity contribution in [3.8, 4) is 5.69 Å². The number of aryl methyl sites for hydroxylation is 2. The van der Waals surface area contributed by atoms with Crippen molar-refractivity contribution in [2.75, 3.05) is 11.1 Å². The van der Waals surface area contributed by atoms with E-state index in [2.05, 4.69) is 16.4 Å². The van der Waals surface area contributed by atoms with Gasteiger partial charge in [0.1, 0.15) is 0 Å². The Labute approximate surface area is 156 Å². The van der Waals surface area contributed by atoms with Crippen molar-refractivity contribution in [1.29, 1.82) is 0 Å². The second-order valence-corrected chi connectivity index (χ2v) is 7.07. The molecule has 1 aromatic heterocycles. The Kier molecular flexibility index (Phi) is 5.46. The normalized spacial score (nSPS) is 10.7. The SMILES string of the molecule is Cc1cccc(-n2ccnc2SCC(=O)Nc2ccc(C)c(Cl)c2)c1. The lowest BCUT2D eigenvalue weighted by Crippen LogP contribution is -2.14. The molecule has 0 unspecified atom stereocenters. The lowest BCUT2D eigenvalue weighted by Gasteiger charge is -2.09. The molecule has 0 fully saturated rings. The molecule has 4 nitrogen and oxygen atoms in total. The number of thioether (sulfide) groups is 1. The first-order valence-electron chi connectivity index (χ1n) is 7.82. The van der Waals surface area contributed by atoms with Crippen LogP contribution in [-0.4, -0.2) is 21.2 Å². The first-order valence-corrected chi connectivity index (χ1v) is 9.18. The molecule has 2 aromatic carbocycles. The first kappa shape index (κ1) is 17.6. The van der Waals surface area contributed by atoms with Gasteiger partial charge in [-0.2, -0.15) is 0 Å². The van der Waals surface area contributed by atoms with Crippen molar-refractivity contribution < 1.29 is 4.79 Å². The van der Waals surface area contributed by atoms with Crippen LogP contribution in [0.5, 0.6) is 0 Å². The summed E-state index contributed by atoms with van der Waals surface area (Å²) >= 11 is 7.48. The molecule has 3 aromatic rings. The van der Waals surface area contributed by atoms with Crippen LogP contribution in [0, 0.1) is 13.8 Å². The molecule has 0 saturated heterocycles. The standard InChI is InChI=1S/C19H18ClN3OS/c1-13-4-3-5-16(10-13)23-9-8-21-19(23)25-12-18(24)22-15-7-6-14(2)17(20)11-15/h3-11H,12H2,1-2H3,(H,22,24). The maximum Gasteiger partial charge on any atom is 0.234 e. The molecule has 0 aliphatic heterocycles. The van der Waals surface area contributed by atoms with Crippen LogP contribution in [0.1, 0.15) is 11.1 Å². The molecule has 6 heteroatoms. The van der Waals surface area contributed by atoms with Crippen LogP contribution >= 0.6 is 23.4 Å². The van der Waals surface area contributed by atoms with Gasteiger partial charge in [-0.3, -0.25) is 9.36 Å². The maximum absolute atomic E-state index is 12.2. The van der Waals surface area contributed by atoms with E-state index in [9.17, 15) is 4.79 Å². The monoisotopic (exact) mass is 371 g/mol. The van der Waals surface area contributed by atoms with Gasteiger partial charge in [0.05, 0.1) is 5.75 Å². The quantitative estimate of drug-likeness (QED) is 0.650. The molecule has 1 amide bonds. The minimum atomic E-state index is -0.0938. The summed E-state index contributed by atoms with van der Waals surface area (Å²) < 4.78 is 1.98. The molecule has 0 radical (unpaired) electrons. The van der Waals surface area contributed by atoms with Crippen molar-refractivity contribution in [3.05, 3.63) is 71.0 Å². The number of amides is 1. The van der Waals surface area contributed by atoms with Gasteiger partial charge in [0.25, 0.3) is 0 Å². The molecule has 0 spiro atoms. The van der Waals surface area contributed by atoms with Gasteiger partial charge in [0, 0.05) is 28.8 Å². The van der Waals surface area contributed by atoms with E-state index in [1.54, 1.807) is 12.3 Å². The van der Waals surface area contributed by atoms with E-state index in [-0.39, 0.29) is 11.7 Å². The number of carbonyl (C=O) groups excluding carboxylic acids is 1. The second-order valence-electron chi connectivity index (χ2n) is 5.72. The van der Waals surface area contributed by atoms with Crippen LogP contribution in [-0.2, 0) is 4.79 Å². The highest BCUT2D eigenvalue weighted by atomic mass is 35.5. The van der Waals surface area contributed by atoms with Gasteiger partial charge in [-0.15, -0.1) is 0 Å². The smallest absolute Gasteiger partial charge is 0.234 e. The molecule has 0 aliphatic rings. The Morgan fingerprint density at radius 2 is 2.08 bits per heavy atom. The predicted molar refractivity (Wildman–Crippen MR) is 104 cm³/mol. The Morgan fingerprint density at radius 1 is 1.24 bits per heavy atom. The summed E-state index contributed by atoms with van der Waals surface area (Å²) in [6, 6.07) is 13.6. The molecular weight excluding hydrogens is 354 g/mol. The summed E-state index contributed by atoms with van der Waals surface area (Å²) in [6.45, 7) is 3.97. The Hall–Kier alpha value is -2.24. The third-order valence-corrected chi connectivity index (χ3v) is 5.05. The molecule has 3 rings (SSSR count). The number of rotatable bonds is 5. The van der Waals surface area contributed by atoms with Crippen LogP contribution in [0.2, 0.25) is 5.02 Å². The van der Waals surface area contributed by atoms with E-state index in [4.69, 9.17) is 11.6 Å². The van der Waals surface area contributed by atoms with E-state index in [1.165, 1.54) is 17.3 Å². The van der Waals surface area contributed by atoms with Crippen LogP contribution in [0.15, 0.2) is 60.0 Å². The number of anilines is 1. The number of imidazole rings is 1. The average molecular weight is 372 g/mol. The van der Waals surface area contributed by atoms with Gasteiger partial charge in [0.15, 0.2) is 5.16 Å². The lowest BCUT2D eigenvalue weighted by atomic mass is 10.2. The predicted octanol–water partition coefficient (Wildman–Crippen LogP) is 4.87. The minimum absolute atomic E-state index is 0.0938. The third-order valence-electron chi connectivity index (χ3n) is 3.67. The van der Waals surface area contributed by atoms with E-state index in [0.717, 1.165) is 16.4 Å². The average Bonchev–Trinajstić information content (AvgIpc) is 3.05. The molecule has 1 N–H and O–H groups in total. The Morgan fingerprint density at radius 3 is 2.84 bits per heavy atom. The van der Waals surface area contributed by atoms with Gasteiger partial charge < -0.3 is 5.32 Å². The number of halogens is 1. The lowest BCUT2D eigenvalue weighted by molar-refractivity contribution is -0.113. The van der Waals surface area contributed by atoms with Crippen molar-refractivity contribution in [2.45, 2.75) is 19.0 Å². The fourth-order valence-electron chi connectivity index (χ4n) is 2.37. The van der Waals surface area contributed by atoms with E-state index >= 15 is 0 Å². The van der Waals surface area contributed by atoms with Crippen LogP contribution in [0.25, 0.3) is 5.69 Å². The molecule has 0 atom stereocenters. The second kappa shape index (κ2) is 7.76. The molecule has 0 bridgehead atoms. The van der Waals surface area contributed by atoms with Gasteiger partial charge in [-0.05, 0) is 49.2 Å². The van der Waals surface area contributed by atoms with E-state index in [1.807, 2.05) is 54.9 Å². The van der Waals surface area contributed by atoms with Crippen LogP contribution < -0.4 is 5.32 Å². The van der Waals surface area contributed by atoms with Crippen molar-refractivity contribution in [1.82, 2.24) is 9.55 Å². The fourth-order valence-corrected chi connectivity index (χ4v) is 3.32. The number of benzene rings is 2. The Bertz CT molecular complexity index is 907. The van der Waals surface area contributed by atoms with Crippen molar-refractivity contribution in [3.63, 3.8) is 0 Å². The maximum atomic E-state index is 12.2. The summed E-state index contributed by atoms with van der Waals surface area (Å²) in [5, 5.41) is 4.28. The largest absolute Gasteiger partial charge is 0.325 e. The van der Waals surface area contributed by atoms with E-state index < -0.39 is 0 Å². The van der Waals surface area contributed by atoms with Gasteiger partial charge >= 0.3 is 0 Å². The summed E-state index contributed by atoms with van der Waals surface area (Å²) in [7, 11) is 0. The summed E-state index contributed by atoms with van der Waals surface area (Å²) in [4.78, 5) is 16.5. The van der Waals surface area contributed by atoms with Crippen molar-refractivity contribution >= 4 is 35.0 Å². The number of hydrogen-bond acceptors (Lipinski definition) is 3. The minimum Gasteiger partial charge on any atom is -0.325 e. The zero-order valence-corrected chi connectivity index (χ0v) is 15.6. The number of hydrogen-bond donors (Lipinski definition) is 1. The molecule has 1 heterocycles. The van der Waals surface area contributed by atoms with Gasteiger partial charge in [0.2, 0.25) is 5.91 Å². The van der Waals surface area contributed by atoms with Gasteiger partial charge in [-0.25, -0.2) is 4.98 Å².